The summed E-state index contributed by atoms with van der Waals surface area (Å²) in [5, 5.41) is 3.15. The van der Waals surface area contributed by atoms with Crippen molar-refractivity contribution in [2.45, 2.75) is 58.2 Å². The molecule has 2 atom stereocenters. The molecule has 3 N–H and O–H groups in total. The molecule has 0 aromatic rings. The first-order valence-corrected chi connectivity index (χ1v) is 5.61. The maximum absolute atomic E-state index is 5.81. The highest BCUT2D eigenvalue weighted by molar-refractivity contribution is 5.78. The molecular weight excluding hydrogens is 190 g/mol. The standard InChI is InChI=1S/C11H23N3O/c1-8(9-6-5-7-15-9)13-10(12)14-11(2,3)4/h8-9H,5-7H2,1-4H3,(H3,12,13,14). The van der Waals surface area contributed by atoms with E-state index < -0.39 is 0 Å². The van der Waals surface area contributed by atoms with Gasteiger partial charge in [-0.05, 0) is 40.5 Å². The second kappa shape index (κ2) is 4.84. The average Bonchev–Trinajstić information content (AvgIpc) is 2.50. The van der Waals surface area contributed by atoms with E-state index in [1.165, 1.54) is 0 Å². The van der Waals surface area contributed by atoms with Crippen LogP contribution in [0.2, 0.25) is 0 Å². The lowest BCUT2D eigenvalue weighted by Crippen LogP contribution is -2.46. The molecule has 1 rings (SSSR count). The lowest BCUT2D eigenvalue weighted by Gasteiger charge is -2.23. The van der Waals surface area contributed by atoms with Crippen molar-refractivity contribution in [3.8, 4) is 0 Å². The number of nitrogens with one attached hydrogen (secondary N) is 1. The minimum Gasteiger partial charge on any atom is -0.376 e. The van der Waals surface area contributed by atoms with Crippen LogP contribution in [-0.4, -0.2) is 30.3 Å². The van der Waals surface area contributed by atoms with E-state index in [0.717, 1.165) is 19.4 Å². The number of aliphatic imine (C=N–C) groups is 1. The van der Waals surface area contributed by atoms with Crippen LogP contribution in [0.4, 0.5) is 0 Å². The molecule has 1 aliphatic rings. The van der Waals surface area contributed by atoms with Crippen LogP contribution >= 0.6 is 0 Å². The molecule has 88 valence electrons. The maximum atomic E-state index is 5.81. The number of guanidine groups is 1. The fourth-order valence-corrected chi connectivity index (χ4v) is 1.70. The van der Waals surface area contributed by atoms with Gasteiger partial charge in [0.25, 0.3) is 0 Å². The number of ether oxygens (including phenoxy) is 1. The Bertz CT molecular complexity index is 226. The van der Waals surface area contributed by atoms with Crippen molar-refractivity contribution in [1.29, 1.82) is 0 Å². The molecular formula is C11H23N3O. The zero-order chi connectivity index (χ0) is 11.5. The highest BCUT2D eigenvalue weighted by atomic mass is 16.5. The van der Waals surface area contributed by atoms with Crippen LogP contribution in [0.3, 0.4) is 0 Å². The van der Waals surface area contributed by atoms with Crippen LogP contribution < -0.4 is 11.1 Å². The molecule has 2 unspecified atom stereocenters. The SMILES string of the molecule is CC(N=C(N)NC(C)(C)C)C1CCCO1. The lowest BCUT2D eigenvalue weighted by molar-refractivity contribution is 0.0951. The number of nitrogens with zero attached hydrogens (tertiary/aromatic N) is 1. The first kappa shape index (κ1) is 12.3. The van der Waals surface area contributed by atoms with E-state index in [1.807, 2.05) is 6.92 Å². The minimum atomic E-state index is -0.0379. The Morgan fingerprint density at radius 1 is 1.53 bits per heavy atom. The zero-order valence-electron chi connectivity index (χ0n) is 10.2. The fraction of sp³-hybridized carbons (Fsp3) is 0.909. The van der Waals surface area contributed by atoms with E-state index in [9.17, 15) is 0 Å². The van der Waals surface area contributed by atoms with Crippen LogP contribution in [0.15, 0.2) is 4.99 Å². The Morgan fingerprint density at radius 2 is 2.20 bits per heavy atom. The molecule has 0 aromatic carbocycles. The van der Waals surface area contributed by atoms with E-state index >= 15 is 0 Å². The fourth-order valence-electron chi connectivity index (χ4n) is 1.70. The average molecular weight is 213 g/mol. The molecule has 0 radical (unpaired) electrons. The maximum Gasteiger partial charge on any atom is 0.189 e. The van der Waals surface area contributed by atoms with Gasteiger partial charge in [-0.1, -0.05) is 0 Å². The third kappa shape index (κ3) is 4.51. The molecule has 4 nitrogen and oxygen atoms in total. The Kier molecular flexibility index (Phi) is 3.97. The van der Waals surface area contributed by atoms with Crippen molar-refractivity contribution >= 4 is 5.96 Å². The van der Waals surface area contributed by atoms with Crippen molar-refractivity contribution in [3.63, 3.8) is 0 Å². The second-order valence-corrected chi connectivity index (χ2v) is 5.18. The zero-order valence-corrected chi connectivity index (χ0v) is 10.2. The molecule has 1 aliphatic heterocycles. The summed E-state index contributed by atoms with van der Waals surface area (Å²) >= 11 is 0. The van der Waals surface area contributed by atoms with E-state index in [1.54, 1.807) is 0 Å². The van der Waals surface area contributed by atoms with Crippen LogP contribution in [0.5, 0.6) is 0 Å². The van der Waals surface area contributed by atoms with Crippen molar-refractivity contribution in [3.05, 3.63) is 0 Å². The molecule has 0 amide bonds. The van der Waals surface area contributed by atoms with Gasteiger partial charge in [-0.2, -0.15) is 0 Å². The second-order valence-electron chi connectivity index (χ2n) is 5.18. The summed E-state index contributed by atoms with van der Waals surface area (Å²) in [6, 6.07) is 0.141. The third-order valence-corrected chi connectivity index (χ3v) is 2.35. The molecule has 15 heavy (non-hydrogen) atoms. The molecule has 0 bridgehead atoms. The molecule has 4 heteroatoms. The van der Waals surface area contributed by atoms with E-state index in [4.69, 9.17) is 10.5 Å². The molecule has 0 spiro atoms. The van der Waals surface area contributed by atoms with E-state index in [-0.39, 0.29) is 17.7 Å². The third-order valence-electron chi connectivity index (χ3n) is 2.35. The summed E-state index contributed by atoms with van der Waals surface area (Å²) in [7, 11) is 0. The summed E-state index contributed by atoms with van der Waals surface area (Å²) in [5.41, 5.74) is 5.77. The van der Waals surface area contributed by atoms with Crippen molar-refractivity contribution in [1.82, 2.24) is 5.32 Å². The highest BCUT2D eigenvalue weighted by Gasteiger charge is 2.22. The van der Waals surface area contributed by atoms with E-state index in [2.05, 4.69) is 31.1 Å². The first-order valence-electron chi connectivity index (χ1n) is 5.61. The van der Waals surface area contributed by atoms with Crippen LogP contribution in [0, 0.1) is 0 Å². The largest absolute Gasteiger partial charge is 0.376 e. The smallest absolute Gasteiger partial charge is 0.189 e. The predicted molar refractivity (Wildman–Crippen MR) is 62.9 cm³/mol. The van der Waals surface area contributed by atoms with Gasteiger partial charge >= 0.3 is 0 Å². The number of hydrogen-bond acceptors (Lipinski definition) is 2. The van der Waals surface area contributed by atoms with Crippen LogP contribution in [0.1, 0.15) is 40.5 Å². The summed E-state index contributed by atoms with van der Waals surface area (Å²) in [6.07, 6.45) is 2.47. The topological polar surface area (TPSA) is 59.6 Å². The van der Waals surface area contributed by atoms with Crippen molar-refractivity contribution < 1.29 is 4.74 Å². The van der Waals surface area contributed by atoms with Crippen molar-refractivity contribution in [2.75, 3.05) is 6.61 Å². The molecule has 0 aliphatic carbocycles. The van der Waals surface area contributed by atoms with Gasteiger partial charge in [0.1, 0.15) is 0 Å². The Labute approximate surface area is 92.3 Å². The lowest BCUT2D eigenvalue weighted by atomic mass is 10.1. The predicted octanol–water partition coefficient (Wildman–Crippen LogP) is 1.26. The number of hydrogen-bond donors (Lipinski definition) is 2. The summed E-state index contributed by atoms with van der Waals surface area (Å²) in [6.45, 7) is 9.09. The van der Waals surface area contributed by atoms with Crippen LogP contribution in [0.25, 0.3) is 0 Å². The quantitative estimate of drug-likeness (QED) is 0.536. The van der Waals surface area contributed by atoms with E-state index in [0.29, 0.717) is 5.96 Å². The molecule has 0 aromatic heterocycles. The van der Waals surface area contributed by atoms with Gasteiger partial charge in [-0.25, -0.2) is 4.99 Å². The van der Waals surface area contributed by atoms with Gasteiger partial charge in [0.05, 0.1) is 12.1 Å². The summed E-state index contributed by atoms with van der Waals surface area (Å²) in [5.74, 6) is 0.505. The molecule has 1 saturated heterocycles. The summed E-state index contributed by atoms with van der Waals surface area (Å²) in [4.78, 5) is 4.40. The number of rotatable bonds is 2. The minimum absolute atomic E-state index is 0.0379. The molecule has 0 saturated carbocycles. The van der Waals surface area contributed by atoms with Gasteiger partial charge in [0.2, 0.25) is 0 Å². The van der Waals surface area contributed by atoms with Gasteiger partial charge < -0.3 is 15.8 Å². The van der Waals surface area contributed by atoms with Gasteiger partial charge in [-0.3, -0.25) is 0 Å². The highest BCUT2D eigenvalue weighted by Crippen LogP contribution is 2.17. The molecule has 1 fully saturated rings. The summed E-state index contributed by atoms with van der Waals surface area (Å²) < 4.78 is 5.56. The van der Waals surface area contributed by atoms with Gasteiger partial charge in [0, 0.05) is 12.1 Å². The Balaban J connectivity index is 2.46. The van der Waals surface area contributed by atoms with Crippen molar-refractivity contribution in [2.24, 2.45) is 10.7 Å². The van der Waals surface area contributed by atoms with Crippen LogP contribution in [-0.2, 0) is 4.74 Å². The Hall–Kier alpha value is -0.770. The Morgan fingerprint density at radius 3 is 2.67 bits per heavy atom. The monoisotopic (exact) mass is 213 g/mol. The van der Waals surface area contributed by atoms with Gasteiger partial charge in [-0.15, -0.1) is 0 Å². The number of nitrogens with two attached hydrogens (primary N) is 1. The normalized spacial score (nSPS) is 25.3. The molecule has 1 heterocycles. The van der Waals surface area contributed by atoms with Gasteiger partial charge in [0.15, 0.2) is 5.96 Å². The first-order chi connectivity index (χ1) is 6.88.